The van der Waals surface area contributed by atoms with Crippen LogP contribution in [0.15, 0.2) is 41.3 Å². The summed E-state index contributed by atoms with van der Waals surface area (Å²) in [5, 5.41) is 3.73. The Balaban J connectivity index is 1.92. The quantitative estimate of drug-likeness (QED) is 0.767. The normalized spacial score (nSPS) is 15.4. The van der Waals surface area contributed by atoms with Gasteiger partial charge in [0.15, 0.2) is 0 Å². The average Bonchev–Trinajstić information content (AvgIpc) is 3.47. The molecule has 1 unspecified atom stereocenters. The number of carbonyl (C=O) groups excluding carboxylic acids is 1. The van der Waals surface area contributed by atoms with E-state index in [0.717, 1.165) is 24.0 Å². The molecule has 2 N–H and O–H groups in total. The second-order valence-electron chi connectivity index (χ2n) is 6.96. The van der Waals surface area contributed by atoms with Crippen LogP contribution in [0.5, 0.6) is 0 Å². The number of carbonyl (C=O) groups is 1. The van der Waals surface area contributed by atoms with E-state index in [2.05, 4.69) is 10.0 Å². The summed E-state index contributed by atoms with van der Waals surface area (Å²) in [5.41, 5.74) is 2.73. The first-order chi connectivity index (χ1) is 12.7. The monoisotopic (exact) mass is 406 g/mol. The molecule has 2 aromatic rings. The molecular formula is C20H23ClN2O3S. The molecule has 0 heterocycles. The lowest BCUT2D eigenvalue weighted by Gasteiger charge is -2.20. The predicted octanol–water partition coefficient (Wildman–Crippen LogP) is 3.75. The minimum Gasteiger partial charge on any atom is -0.345 e. The van der Waals surface area contributed by atoms with Crippen LogP contribution in [0.3, 0.4) is 0 Å². The molecule has 0 saturated heterocycles. The Kier molecular flexibility index (Phi) is 5.60. The minimum atomic E-state index is -3.64. The van der Waals surface area contributed by atoms with E-state index in [9.17, 15) is 13.2 Å². The van der Waals surface area contributed by atoms with E-state index in [1.54, 1.807) is 19.9 Å². The van der Waals surface area contributed by atoms with Crippen LogP contribution in [0.4, 0.5) is 0 Å². The molecule has 3 rings (SSSR count). The fourth-order valence-corrected chi connectivity index (χ4v) is 4.34. The largest absolute Gasteiger partial charge is 0.345 e. The maximum atomic E-state index is 12.9. The van der Waals surface area contributed by atoms with E-state index in [4.69, 9.17) is 11.6 Å². The number of benzene rings is 2. The van der Waals surface area contributed by atoms with Crippen LogP contribution in [0.25, 0.3) is 0 Å². The lowest BCUT2D eigenvalue weighted by molar-refractivity contribution is 0.0931. The van der Waals surface area contributed by atoms with E-state index in [1.165, 1.54) is 13.1 Å². The van der Waals surface area contributed by atoms with E-state index in [0.29, 0.717) is 22.1 Å². The zero-order chi connectivity index (χ0) is 19.8. The second kappa shape index (κ2) is 7.62. The van der Waals surface area contributed by atoms with Crippen LogP contribution >= 0.6 is 11.6 Å². The van der Waals surface area contributed by atoms with Crippen LogP contribution in [0.2, 0.25) is 5.02 Å². The fraction of sp³-hybridized carbons (Fsp3) is 0.350. The van der Waals surface area contributed by atoms with Crippen molar-refractivity contribution >= 4 is 27.5 Å². The zero-order valence-corrected chi connectivity index (χ0v) is 17.1. The van der Waals surface area contributed by atoms with Gasteiger partial charge in [0.1, 0.15) is 0 Å². The van der Waals surface area contributed by atoms with Gasteiger partial charge in [0.05, 0.1) is 10.9 Å². The SMILES string of the molecule is CNS(=O)(=O)c1cc(C(=O)NC(c2ccc(Cl)cc2)C2CC2)cc(C)c1C. The Morgan fingerprint density at radius 1 is 1.15 bits per heavy atom. The molecule has 0 spiro atoms. The lowest BCUT2D eigenvalue weighted by Crippen LogP contribution is -2.30. The van der Waals surface area contributed by atoms with Gasteiger partial charge in [-0.25, -0.2) is 13.1 Å². The van der Waals surface area contributed by atoms with Crippen molar-refractivity contribution in [2.45, 2.75) is 37.6 Å². The standard InChI is InChI=1S/C20H23ClN2O3S/c1-12-10-16(11-18(13(12)2)27(25,26)22-3)20(24)23-19(14-4-5-14)15-6-8-17(21)9-7-15/h6-11,14,19,22H,4-5H2,1-3H3,(H,23,24). The van der Waals surface area contributed by atoms with Gasteiger partial charge in [0.2, 0.25) is 10.0 Å². The highest BCUT2D eigenvalue weighted by molar-refractivity contribution is 7.89. The molecule has 2 aromatic carbocycles. The van der Waals surface area contributed by atoms with Crippen molar-refractivity contribution < 1.29 is 13.2 Å². The first-order valence-electron chi connectivity index (χ1n) is 8.84. The predicted molar refractivity (Wildman–Crippen MR) is 107 cm³/mol. The van der Waals surface area contributed by atoms with Gasteiger partial charge in [-0.15, -0.1) is 0 Å². The van der Waals surface area contributed by atoms with Crippen LogP contribution in [-0.4, -0.2) is 21.4 Å². The smallest absolute Gasteiger partial charge is 0.251 e. The Labute approximate surface area is 165 Å². The number of aryl methyl sites for hydroxylation is 1. The number of halogens is 1. The molecule has 0 aliphatic heterocycles. The van der Waals surface area contributed by atoms with Gasteiger partial charge in [-0.1, -0.05) is 23.7 Å². The molecule has 1 atom stereocenters. The summed E-state index contributed by atoms with van der Waals surface area (Å²) in [7, 11) is -2.28. The van der Waals surface area contributed by atoms with Crippen molar-refractivity contribution in [2.75, 3.05) is 7.05 Å². The Bertz CT molecular complexity index is 967. The van der Waals surface area contributed by atoms with Gasteiger partial charge < -0.3 is 5.32 Å². The number of sulfonamides is 1. The van der Waals surface area contributed by atoms with E-state index >= 15 is 0 Å². The third-order valence-electron chi connectivity index (χ3n) is 5.05. The van der Waals surface area contributed by atoms with Crippen LogP contribution in [-0.2, 0) is 10.0 Å². The van der Waals surface area contributed by atoms with Crippen LogP contribution in [0, 0.1) is 19.8 Å². The summed E-state index contributed by atoms with van der Waals surface area (Å²) in [6.45, 7) is 3.54. The third kappa shape index (κ3) is 4.34. The second-order valence-corrected chi connectivity index (χ2v) is 9.26. The Morgan fingerprint density at radius 3 is 2.33 bits per heavy atom. The zero-order valence-electron chi connectivity index (χ0n) is 15.5. The molecule has 7 heteroatoms. The summed E-state index contributed by atoms with van der Waals surface area (Å²) >= 11 is 5.97. The van der Waals surface area contributed by atoms with Gasteiger partial charge in [-0.3, -0.25) is 4.79 Å². The highest BCUT2D eigenvalue weighted by atomic mass is 35.5. The van der Waals surface area contributed by atoms with Gasteiger partial charge in [-0.05, 0) is 80.6 Å². The summed E-state index contributed by atoms with van der Waals surface area (Å²) in [6.07, 6.45) is 2.11. The molecule has 1 aliphatic carbocycles. The Morgan fingerprint density at radius 2 is 1.78 bits per heavy atom. The molecule has 1 aliphatic rings. The molecule has 5 nitrogen and oxygen atoms in total. The maximum Gasteiger partial charge on any atom is 0.251 e. The van der Waals surface area contributed by atoms with E-state index in [1.807, 2.05) is 24.3 Å². The molecule has 1 amide bonds. The number of hydrogen-bond donors (Lipinski definition) is 2. The maximum absolute atomic E-state index is 12.9. The topological polar surface area (TPSA) is 75.3 Å². The summed E-state index contributed by atoms with van der Waals surface area (Å²) < 4.78 is 26.9. The number of nitrogens with one attached hydrogen (secondary N) is 2. The number of rotatable bonds is 6. The summed E-state index contributed by atoms with van der Waals surface area (Å²) in [6, 6.07) is 10.5. The van der Waals surface area contributed by atoms with Gasteiger partial charge >= 0.3 is 0 Å². The fourth-order valence-electron chi connectivity index (χ4n) is 3.14. The van der Waals surface area contributed by atoms with Crippen molar-refractivity contribution in [1.29, 1.82) is 0 Å². The molecule has 0 bridgehead atoms. The van der Waals surface area contributed by atoms with Crippen molar-refractivity contribution in [2.24, 2.45) is 5.92 Å². The van der Waals surface area contributed by atoms with Gasteiger partial charge in [-0.2, -0.15) is 0 Å². The molecule has 0 aromatic heterocycles. The number of hydrogen-bond acceptors (Lipinski definition) is 3. The molecule has 144 valence electrons. The first-order valence-corrected chi connectivity index (χ1v) is 10.7. The van der Waals surface area contributed by atoms with E-state index < -0.39 is 10.0 Å². The third-order valence-corrected chi connectivity index (χ3v) is 6.84. The van der Waals surface area contributed by atoms with Gasteiger partial charge in [0.25, 0.3) is 5.91 Å². The van der Waals surface area contributed by atoms with Crippen molar-refractivity contribution in [3.63, 3.8) is 0 Å². The highest BCUT2D eigenvalue weighted by Gasteiger charge is 2.34. The van der Waals surface area contributed by atoms with Crippen LogP contribution in [0.1, 0.15) is 45.9 Å². The molecule has 1 saturated carbocycles. The lowest BCUT2D eigenvalue weighted by atomic mass is 10.0. The first kappa shape index (κ1) is 19.9. The molecular weight excluding hydrogens is 384 g/mol. The van der Waals surface area contributed by atoms with Crippen molar-refractivity contribution in [3.05, 3.63) is 63.7 Å². The van der Waals surface area contributed by atoms with Crippen LogP contribution < -0.4 is 10.0 Å². The van der Waals surface area contributed by atoms with E-state index in [-0.39, 0.29) is 16.8 Å². The summed E-state index contributed by atoms with van der Waals surface area (Å²) in [5.74, 6) is 0.111. The Hall–Kier alpha value is -1.89. The highest BCUT2D eigenvalue weighted by Crippen LogP contribution is 2.41. The molecule has 27 heavy (non-hydrogen) atoms. The van der Waals surface area contributed by atoms with Gasteiger partial charge in [0, 0.05) is 10.6 Å². The van der Waals surface area contributed by atoms with Crippen molar-refractivity contribution in [3.8, 4) is 0 Å². The average molecular weight is 407 g/mol. The molecule has 1 fully saturated rings. The molecule has 0 radical (unpaired) electrons. The minimum absolute atomic E-state index is 0.110. The number of amides is 1. The van der Waals surface area contributed by atoms with Crippen molar-refractivity contribution in [1.82, 2.24) is 10.0 Å². The summed E-state index contributed by atoms with van der Waals surface area (Å²) in [4.78, 5) is 13.0.